The van der Waals surface area contributed by atoms with E-state index in [1.165, 1.54) is 11.0 Å². The van der Waals surface area contributed by atoms with E-state index in [9.17, 15) is 9.18 Å². The normalized spacial score (nSPS) is 21.0. The van der Waals surface area contributed by atoms with Gasteiger partial charge in [-0.1, -0.05) is 12.2 Å². The molecule has 0 radical (unpaired) electrons. The van der Waals surface area contributed by atoms with Crippen LogP contribution in [0.4, 0.5) is 20.6 Å². The number of anilines is 2. The molecule has 0 saturated carbocycles. The van der Waals surface area contributed by atoms with Gasteiger partial charge in [0, 0.05) is 13.1 Å². The summed E-state index contributed by atoms with van der Waals surface area (Å²) in [7, 11) is 0. The number of ether oxygens (including phenoxy) is 1. The number of halogens is 1. The Morgan fingerprint density at radius 3 is 2.81 bits per heavy atom. The molecule has 1 amide bonds. The molecule has 1 fully saturated rings. The number of hydrogen-bond donors (Lipinski definition) is 0. The van der Waals surface area contributed by atoms with E-state index in [4.69, 9.17) is 10.3 Å². The Morgan fingerprint density at radius 1 is 1.38 bits per heavy atom. The van der Waals surface area contributed by atoms with Crippen molar-refractivity contribution in [3.63, 3.8) is 0 Å². The SMILES string of the molecule is [N-]=NC[C@H]1CN(c2ccc(N3CC=CC3)c(F)c2)C(=O)O1. The van der Waals surface area contributed by atoms with Crippen LogP contribution < -0.4 is 9.80 Å². The van der Waals surface area contributed by atoms with E-state index in [-0.39, 0.29) is 18.9 Å². The average molecular weight is 289 g/mol. The summed E-state index contributed by atoms with van der Waals surface area (Å²) < 4.78 is 19.2. The third-order valence-electron chi connectivity index (χ3n) is 3.56. The minimum Gasteiger partial charge on any atom is -0.712 e. The first-order chi connectivity index (χ1) is 10.2. The Morgan fingerprint density at radius 2 is 2.14 bits per heavy atom. The van der Waals surface area contributed by atoms with Crippen LogP contribution in [0, 0.1) is 5.82 Å². The van der Waals surface area contributed by atoms with Crippen molar-refractivity contribution in [2.24, 2.45) is 5.11 Å². The van der Waals surface area contributed by atoms with Gasteiger partial charge in [0.1, 0.15) is 11.9 Å². The lowest BCUT2D eigenvalue weighted by Gasteiger charge is -2.20. The maximum atomic E-state index is 14.2. The third kappa shape index (κ3) is 2.58. The molecule has 21 heavy (non-hydrogen) atoms. The summed E-state index contributed by atoms with van der Waals surface area (Å²) in [5.41, 5.74) is 9.47. The van der Waals surface area contributed by atoms with E-state index < -0.39 is 12.2 Å². The molecule has 2 aliphatic rings. The first-order valence-corrected chi connectivity index (χ1v) is 6.67. The maximum Gasteiger partial charge on any atom is 0.414 e. The van der Waals surface area contributed by atoms with E-state index in [1.807, 2.05) is 17.1 Å². The van der Waals surface area contributed by atoms with Crippen LogP contribution in [-0.4, -0.2) is 38.4 Å². The summed E-state index contributed by atoms with van der Waals surface area (Å²) in [5, 5.41) is 2.97. The van der Waals surface area contributed by atoms with Crippen LogP contribution in [0.2, 0.25) is 0 Å². The molecule has 2 aliphatic heterocycles. The molecule has 1 atom stereocenters. The highest BCUT2D eigenvalue weighted by Gasteiger charge is 2.32. The highest BCUT2D eigenvalue weighted by molar-refractivity contribution is 5.90. The van der Waals surface area contributed by atoms with E-state index in [0.29, 0.717) is 24.5 Å². The fraction of sp³-hybridized carbons (Fsp3) is 0.357. The minimum atomic E-state index is -0.557. The smallest absolute Gasteiger partial charge is 0.414 e. The standard InChI is InChI=1S/C14H14FN4O2/c15-12-7-10(3-4-13(12)18-5-1-2-6-18)19-9-11(8-17-16)21-14(19)20/h1-4,7,11H,5-6,8-9H2/q-1/t11-/m0/s1. The van der Waals surface area contributed by atoms with Gasteiger partial charge in [0.2, 0.25) is 0 Å². The van der Waals surface area contributed by atoms with Gasteiger partial charge in [0.05, 0.1) is 24.5 Å². The molecule has 110 valence electrons. The van der Waals surface area contributed by atoms with E-state index in [2.05, 4.69) is 5.11 Å². The Bertz CT molecular complexity index is 597. The molecule has 0 N–H and O–H groups in total. The predicted molar refractivity (Wildman–Crippen MR) is 76.0 cm³/mol. The second-order valence-corrected chi connectivity index (χ2v) is 4.95. The molecule has 7 heteroatoms. The quantitative estimate of drug-likeness (QED) is 0.632. The van der Waals surface area contributed by atoms with Crippen LogP contribution in [0.3, 0.4) is 0 Å². The molecular weight excluding hydrogens is 275 g/mol. The second-order valence-electron chi connectivity index (χ2n) is 4.95. The van der Waals surface area contributed by atoms with Crippen molar-refractivity contribution in [1.29, 1.82) is 0 Å². The topological polar surface area (TPSA) is 67.4 Å². The van der Waals surface area contributed by atoms with E-state index >= 15 is 0 Å². The number of rotatable bonds is 4. The number of nitrogens with zero attached hydrogens (tertiary/aromatic N) is 4. The van der Waals surface area contributed by atoms with Crippen molar-refractivity contribution in [2.75, 3.05) is 36.0 Å². The van der Waals surface area contributed by atoms with Crippen LogP contribution in [0.25, 0.3) is 5.53 Å². The summed E-state index contributed by atoms with van der Waals surface area (Å²) >= 11 is 0. The average Bonchev–Trinajstić information content (AvgIpc) is 3.09. The zero-order chi connectivity index (χ0) is 14.8. The minimum absolute atomic E-state index is 0.0161. The fourth-order valence-electron chi connectivity index (χ4n) is 2.51. The summed E-state index contributed by atoms with van der Waals surface area (Å²) in [6.45, 7) is 1.62. The summed E-state index contributed by atoms with van der Waals surface area (Å²) in [6.07, 6.45) is 2.90. The Hall–Kier alpha value is -2.44. The van der Waals surface area contributed by atoms with Crippen molar-refractivity contribution in [2.45, 2.75) is 6.10 Å². The van der Waals surface area contributed by atoms with Gasteiger partial charge in [-0.25, -0.2) is 9.18 Å². The van der Waals surface area contributed by atoms with Gasteiger partial charge in [-0.3, -0.25) is 4.90 Å². The fourth-order valence-corrected chi connectivity index (χ4v) is 2.51. The van der Waals surface area contributed by atoms with Gasteiger partial charge in [-0.2, -0.15) is 0 Å². The summed E-state index contributed by atoms with van der Waals surface area (Å²) in [5.74, 6) is -0.376. The second kappa shape index (κ2) is 5.51. The molecule has 0 aliphatic carbocycles. The highest BCUT2D eigenvalue weighted by atomic mass is 19.1. The van der Waals surface area contributed by atoms with Crippen molar-refractivity contribution < 1.29 is 13.9 Å². The van der Waals surface area contributed by atoms with Gasteiger partial charge >= 0.3 is 6.09 Å². The Labute approximate surface area is 121 Å². The van der Waals surface area contributed by atoms with Crippen LogP contribution in [0.15, 0.2) is 35.5 Å². The first kappa shape index (κ1) is 13.5. The molecule has 0 unspecified atom stereocenters. The van der Waals surface area contributed by atoms with Gasteiger partial charge < -0.3 is 20.3 Å². The molecule has 0 spiro atoms. The Balaban J connectivity index is 1.78. The van der Waals surface area contributed by atoms with Gasteiger partial charge in [-0.05, 0) is 18.2 Å². The summed E-state index contributed by atoms with van der Waals surface area (Å²) in [4.78, 5) is 15.0. The molecule has 3 rings (SSSR count). The molecule has 1 aromatic carbocycles. The van der Waals surface area contributed by atoms with Crippen molar-refractivity contribution in [3.8, 4) is 0 Å². The predicted octanol–water partition coefficient (Wildman–Crippen LogP) is 2.55. The molecule has 2 heterocycles. The lowest BCUT2D eigenvalue weighted by atomic mass is 10.2. The Kier molecular flexibility index (Phi) is 3.55. The van der Waals surface area contributed by atoms with Crippen LogP contribution in [0.5, 0.6) is 0 Å². The number of amides is 1. The zero-order valence-corrected chi connectivity index (χ0v) is 11.3. The van der Waals surface area contributed by atoms with Crippen molar-refractivity contribution in [1.82, 2.24) is 0 Å². The first-order valence-electron chi connectivity index (χ1n) is 6.67. The monoisotopic (exact) mass is 289 g/mol. The highest BCUT2D eigenvalue weighted by Crippen LogP contribution is 2.28. The van der Waals surface area contributed by atoms with Crippen LogP contribution >= 0.6 is 0 Å². The molecule has 1 saturated heterocycles. The third-order valence-corrected chi connectivity index (χ3v) is 3.56. The number of cyclic esters (lactones) is 1. The number of carbonyl (C=O) groups excluding carboxylic acids is 1. The number of hydrogen-bond acceptors (Lipinski definition) is 4. The summed E-state index contributed by atoms with van der Waals surface area (Å²) in [6, 6.07) is 4.68. The van der Waals surface area contributed by atoms with Crippen LogP contribution in [0.1, 0.15) is 0 Å². The van der Waals surface area contributed by atoms with Crippen molar-refractivity contribution >= 4 is 17.5 Å². The molecule has 1 aromatic rings. The van der Waals surface area contributed by atoms with Gasteiger partial charge in [0.25, 0.3) is 0 Å². The van der Waals surface area contributed by atoms with Crippen LogP contribution in [-0.2, 0) is 4.74 Å². The van der Waals surface area contributed by atoms with E-state index in [0.717, 1.165) is 0 Å². The molecule has 0 aromatic heterocycles. The van der Waals surface area contributed by atoms with Gasteiger partial charge in [0.15, 0.2) is 0 Å². The number of benzene rings is 1. The molecular formula is C14H14FN4O2-. The molecule has 6 nitrogen and oxygen atoms in total. The zero-order valence-electron chi connectivity index (χ0n) is 11.3. The number of carbonyl (C=O) groups is 1. The van der Waals surface area contributed by atoms with E-state index in [1.54, 1.807) is 12.1 Å². The van der Waals surface area contributed by atoms with Crippen molar-refractivity contribution in [3.05, 3.63) is 41.7 Å². The maximum absolute atomic E-state index is 14.2. The largest absolute Gasteiger partial charge is 0.712 e. The molecule has 0 bridgehead atoms. The lowest BCUT2D eigenvalue weighted by molar-refractivity contribution is 0.145. The lowest BCUT2D eigenvalue weighted by Crippen LogP contribution is -2.26. The van der Waals surface area contributed by atoms with Gasteiger partial charge in [-0.15, -0.1) is 0 Å².